The molecule has 0 aromatic heterocycles. The van der Waals surface area contributed by atoms with Crippen LogP contribution in [0.1, 0.15) is 28.4 Å². The molecule has 0 bridgehead atoms. The van der Waals surface area contributed by atoms with Gasteiger partial charge >= 0.3 is 0 Å². The molecule has 21 heavy (non-hydrogen) atoms. The van der Waals surface area contributed by atoms with E-state index in [1.807, 2.05) is 43.3 Å². The van der Waals surface area contributed by atoms with Crippen LogP contribution in [0.2, 0.25) is 5.02 Å². The van der Waals surface area contributed by atoms with Gasteiger partial charge in [-0.3, -0.25) is 4.79 Å². The SMILES string of the molecule is Cc1cccc(C(=O)NCC(C)(O)c2ccccc2)c1Cl. The maximum Gasteiger partial charge on any atom is 0.252 e. The molecule has 2 aromatic rings. The van der Waals surface area contributed by atoms with E-state index < -0.39 is 5.60 Å². The number of nitrogens with one attached hydrogen (secondary N) is 1. The third-order valence-corrected chi connectivity index (χ3v) is 3.93. The number of carbonyl (C=O) groups excluding carboxylic acids is 1. The highest BCUT2D eigenvalue weighted by molar-refractivity contribution is 6.34. The third-order valence-electron chi connectivity index (χ3n) is 3.43. The molecule has 2 rings (SSSR count). The number of aryl methyl sites for hydroxylation is 1. The van der Waals surface area contributed by atoms with E-state index in [4.69, 9.17) is 11.6 Å². The van der Waals surface area contributed by atoms with E-state index in [1.165, 1.54) is 0 Å². The van der Waals surface area contributed by atoms with E-state index in [0.717, 1.165) is 11.1 Å². The minimum absolute atomic E-state index is 0.111. The van der Waals surface area contributed by atoms with Crippen LogP contribution >= 0.6 is 11.6 Å². The van der Waals surface area contributed by atoms with Gasteiger partial charge in [0.1, 0.15) is 5.60 Å². The summed E-state index contributed by atoms with van der Waals surface area (Å²) in [4.78, 5) is 12.2. The van der Waals surface area contributed by atoms with Gasteiger partial charge < -0.3 is 10.4 Å². The molecule has 0 fully saturated rings. The zero-order valence-corrected chi connectivity index (χ0v) is 12.8. The van der Waals surface area contributed by atoms with Crippen LogP contribution in [0.4, 0.5) is 0 Å². The van der Waals surface area contributed by atoms with E-state index in [9.17, 15) is 9.90 Å². The van der Waals surface area contributed by atoms with Gasteiger partial charge in [-0.2, -0.15) is 0 Å². The van der Waals surface area contributed by atoms with Gasteiger partial charge in [-0.1, -0.05) is 54.1 Å². The molecule has 2 N–H and O–H groups in total. The molecule has 0 aliphatic heterocycles. The predicted octanol–water partition coefficient (Wildman–Crippen LogP) is 3.29. The fourth-order valence-corrected chi connectivity index (χ4v) is 2.28. The van der Waals surface area contributed by atoms with Crippen LogP contribution in [0.25, 0.3) is 0 Å². The van der Waals surface area contributed by atoms with Gasteiger partial charge in [0.15, 0.2) is 0 Å². The number of aliphatic hydroxyl groups is 1. The smallest absolute Gasteiger partial charge is 0.252 e. The highest BCUT2D eigenvalue weighted by Gasteiger charge is 2.24. The Morgan fingerprint density at radius 1 is 1.19 bits per heavy atom. The largest absolute Gasteiger partial charge is 0.384 e. The van der Waals surface area contributed by atoms with Crippen LogP contribution < -0.4 is 5.32 Å². The van der Waals surface area contributed by atoms with Gasteiger partial charge in [0, 0.05) is 0 Å². The van der Waals surface area contributed by atoms with Crippen molar-refractivity contribution in [3.63, 3.8) is 0 Å². The number of rotatable bonds is 4. The van der Waals surface area contributed by atoms with Gasteiger partial charge in [0.2, 0.25) is 0 Å². The summed E-state index contributed by atoms with van der Waals surface area (Å²) in [5.74, 6) is -0.292. The van der Waals surface area contributed by atoms with Crippen LogP contribution in [-0.4, -0.2) is 17.6 Å². The fourth-order valence-electron chi connectivity index (χ4n) is 2.07. The molecular formula is C17H18ClNO2. The second-order valence-corrected chi connectivity index (χ2v) is 5.64. The number of amides is 1. The van der Waals surface area contributed by atoms with E-state index in [0.29, 0.717) is 10.6 Å². The van der Waals surface area contributed by atoms with Crippen LogP contribution in [0.15, 0.2) is 48.5 Å². The molecule has 110 valence electrons. The van der Waals surface area contributed by atoms with Gasteiger partial charge in [-0.05, 0) is 31.0 Å². The van der Waals surface area contributed by atoms with E-state index in [2.05, 4.69) is 5.32 Å². The van der Waals surface area contributed by atoms with Crippen LogP contribution in [0.5, 0.6) is 0 Å². The monoisotopic (exact) mass is 303 g/mol. The average molecular weight is 304 g/mol. The molecule has 1 atom stereocenters. The van der Waals surface area contributed by atoms with E-state index >= 15 is 0 Å². The Bertz CT molecular complexity index is 638. The summed E-state index contributed by atoms with van der Waals surface area (Å²) in [6, 6.07) is 14.5. The lowest BCUT2D eigenvalue weighted by atomic mass is 9.96. The minimum Gasteiger partial charge on any atom is -0.384 e. The first-order chi connectivity index (χ1) is 9.92. The summed E-state index contributed by atoms with van der Waals surface area (Å²) in [5, 5.41) is 13.6. The molecule has 2 aromatic carbocycles. The fraction of sp³-hybridized carbons (Fsp3) is 0.235. The predicted molar refractivity (Wildman–Crippen MR) is 84.5 cm³/mol. The van der Waals surface area contributed by atoms with Crippen molar-refractivity contribution in [2.45, 2.75) is 19.4 Å². The van der Waals surface area contributed by atoms with Crippen molar-refractivity contribution in [3.05, 3.63) is 70.2 Å². The Labute approximate surface area is 129 Å². The number of hydrogen-bond acceptors (Lipinski definition) is 2. The maximum absolute atomic E-state index is 12.2. The van der Waals surface area contributed by atoms with Gasteiger partial charge in [-0.15, -0.1) is 0 Å². The first-order valence-corrected chi connectivity index (χ1v) is 7.11. The molecule has 0 aliphatic carbocycles. The second kappa shape index (κ2) is 6.29. The molecule has 4 heteroatoms. The van der Waals surface area contributed by atoms with Crippen LogP contribution in [-0.2, 0) is 5.60 Å². The Kier molecular flexibility index (Phi) is 4.66. The van der Waals surface area contributed by atoms with Crippen molar-refractivity contribution in [2.75, 3.05) is 6.54 Å². The maximum atomic E-state index is 12.2. The molecular weight excluding hydrogens is 286 g/mol. The number of hydrogen-bond donors (Lipinski definition) is 2. The van der Waals surface area contributed by atoms with Crippen molar-refractivity contribution in [2.24, 2.45) is 0 Å². The second-order valence-electron chi connectivity index (χ2n) is 5.26. The lowest BCUT2D eigenvalue weighted by Gasteiger charge is -2.24. The number of benzene rings is 2. The average Bonchev–Trinajstić information content (AvgIpc) is 2.49. The highest BCUT2D eigenvalue weighted by Crippen LogP contribution is 2.22. The van der Waals surface area contributed by atoms with Crippen molar-refractivity contribution in [1.29, 1.82) is 0 Å². The first-order valence-electron chi connectivity index (χ1n) is 6.73. The summed E-state index contributed by atoms with van der Waals surface area (Å²) in [7, 11) is 0. The summed E-state index contributed by atoms with van der Waals surface area (Å²) in [5.41, 5.74) is 0.882. The molecule has 0 aliphatic rings. The Morgan fingerprint density at radius 3 is 2.52 bits per heavy atom. The van der Waals surface area contributed by atoms with Crippen molar-refractivity contribution in [3.8, 4) is 0 Å². The first kappa shape index (κ1) is 15.5. The number of halogens is 1. The summed E-state index contributed by atoms with van der Waals surface area (Å²) in [6.07, 6.45) is 0. The lowest BCUT2D eigenvalue weighted by molar-refractivity contribution is 0.0526. The molecule has 0 radical (unpaired) electrons. The number of carbonyl (C=O) groups is 1. The standard InChI is InChI=1S/C17H18ClNO2/c1-12-7-6-10-14(15(12)18)16(20)19-11-17(2,21)13-8-4-3-5-9-13/h3-10,21H,11H2,1-2H3,(H,19,20). The van der Waals surface area contributed by atoms with Gasteiger partial charge in [-0.25, -0.2) is 0 Å². The van der Waals surface area contributed by atoms with Gasteiger partial charge in [0.25, 0.3) is 5.91 Å². The third kappa shape index (κ3) is 3.63. The summed E-state index contributed by atoms with van der Waals surface area (Å²) in [6.45, 7) is 3.62. The molecule has 0 saturated carbocycles. The molecule has 0 saturated heterocycles. The molecule has 0 spiro atoms. The molecule has 1 amide bonds. The van der Waals surface area contributed by atoms with Crippen LogP contribution in [0, 0.1) is 6.92 Å². The topological polar surface area (TPSA) is 49.3 Å². The molecule has 0 heterocycles. The lowest BCUT2D eigenvalue weighted by Crippen LogP contribution is -2.38. The van der Waals surface area contributed by atoms with E-state index in [1.54, 1.807) is 19.1 Å². The zero-order chi connectivity index (χ0) is 15.5. The summed E-state index contributed by atoms with van der Waals surface area (Å²) < 4.78 is 0. The normalized spacial score (nSPS) is 13.5. The Morgan fingerprint density at radius 2 is 1.86 bits per heavy atom. The van der Waals surface area contributed by atoms with Crippen molar-refractivity contribution in [1.82, 2.24) is 5.32 Å². The quantitative estimate of drug-likeness (QED) is 0.910. The highest BCUT2D eigenvalue weighted by atomic mass is 35.5. The van der Waals surface area contributed by atoms with Crippen molar-refractivity contribution < 1.29 is 9.90 Å². The summed E-state index contributed by atoms with van der Waals surface area (Å²) >= 11 is 6.13. The van der Waals surface area contributed by atoms with Gasteiger partial charge in [0.05, 0.1) is 17.1 Å². The van der Waals surface area contributed by atoms with Crippen LogP contribution in [0.3, 0.4) is 0 Å². The molecule has 1 unspecified atom stereocenters. The van der Waals surface area contributed by atoms with E-state index in [-0.39, 0.29) is 12.5 Å². The molecule has 3 nitrogen and oxygen atoms in total. The Balaban J connectivity index is 2.09. The zero-order valence-electron chi connectivity index (χ0n) is 12.1. The van der Waals surface area contributed by atoms with Crippen molar-refractivity contribution >= 4 is 17.5 Å². The minimum atomic E-state index is -1.13. The Hall–Kier alpha value is -1.84.